The molecule has 0 radical (unpaired) electrons. The van der Waals surface area contributed by atoms with Crippen LogP contribution in [0.4, 0.5) is 11.6 Å². The number of nitrogens with two attached hydrogens (primary N) is 1. The summed E-state index contributed by atoms with van der Waals surface area (Å²) in [6.07, 6.45) is 3.93. The molecule has 1 aliphatic carbocycles. The van der Waals surface area contributed by atoms with Gasteiger partial charge in [-0.15, -0.1) is 0 Å². The zero-order valence-corrected chi connectivity index (χ0v) is 11.6. The van der Waals surface area contributed by atoms with Crippen LogP contribution in [-0.4, -0.2) is 23.6 Å². The SMILES string of the molecule is COCc1nc(NN)cc(NCC2CCC(C)C2)n1. The first-order valence-electron chi connectivity index (χ1n) is 6.78. The molecule has 2 unspecified atom stereocenters. The van der Waals surface area contributed by atoms with Crippen LogP contribution in [0.15, 0.2) is 6.07 Å². The Balaban J connectivity index is 1.96. The molecule has 2 atom stereocenters. The molecule has 0 aliphatic heterocycles. The highest BCUT2D eigenvalue weighted by Gasteiger charge is 2.21. The molecule has 1 heterocycles. The van der Waals surface area contributed by atoms with Crippen LogP contribution in [0.3, 0.4) is 0 Å². The lowest BCUT2D eigenvalue weighted by Gasteiger charge is -2.13. The standard InChI is InChI=1S/C13H23N5O/c1-9-3-4-10(5-9)7-15-11-6-12(18-14)17-13(16-11)8-19-2/h6,9-10H,3-5,7-8,14H2,1-2H3,(H2,15,16,17,18). The number of aromatic nitrogens is 2. The minimum absolute atomic E-state index is 0.380. The van der Waals surface area contributed by atoms with Gasteiger partial charge in [0.05, 0.1) is 0 Å². The fourth-order valence-corrected chi connectivity index (χ4v) is 2.61. The molecule has 1 aliphatic rings. The highest BCUT2D eigenvalue weighted by molar-refractivity contribution is 5.46. The first-order chi connectivity index (χ1) is 9.21. The van der Waals surface area contributed by atoms with Crippen molar-refractivity contribution in [2.75, 3.05) is 24.4 Å². The summed E-state index contributed by atoms with van der Waals surface area (Å²) >= 11 is 0. The second kappa shape index (κ2) is 6.68. The summed E-state index contributed by atoms with van der Waals surface area (Å²) in [4.78, 5) is 8.63. The lowest BCUT2D eigenvalue weighted by molar-refractivity contribution is 0.178. The summed E-state index contributed by atoms with van der Waals surface area (Å²) in [5.41, 5.74) is 2.55. The van der Waals surface area contributed by atoms with Gasteiger partial charge in [0.25, 0.3) is 0 Å². The average molecular weight is 265 g/mol. The van der Waals surface area contributed by atoms with Crippen LogP contribution in [0.2, 0.25) is 0 Å². The summed E-state index contributed by atoms with van der Waals surface area (Å²) < 4.78 is 5.05. The molecule has 0 bridgehead atoms. The summed E-state index contributed by atoms with van der Waals surface area (Å²) in [5, 5.41) is 3.38. The minimum atomic E-state index is 0.380. The number of nitrogen functional groups attached to an aromatic ring is 1. The monoisotopic (exact) mass is 265 g/mol. The maximum absolute atomic E-state index is 5.41. The molecule has 4 N–H and O–H groups in total. The number of methoxy groups -OCH3 is 1. The quantitative estimate of drug-likeness (QED) is 0.537. The first-order valence-corrected chi connectivity index (χ1v) is 6.78. The fourth-order valence-electron chi connectivity index (χ4n) is 2.61. The van der Waals surface area contributed by atoms with Gasteiger partial charge in [0.1, 0.15) is 18.2 Å². The predicted molar refractivity (Wildman–Crippen MR) is 75.5 cm³/mol. The molecule has 19 heavy (non-hydrogen) atoms. The molecule has 0 saturated heterocycles. The van der Waals surface area contributed by atoms with Crippen LogP contribution in [-0.2, 0) is 11.3 Å². The van der Waals surface area contributed by atoms with Gasteiger partial charge in [0.2, 0.25) is 0 Å². The van der Waals surface area contributed by atoms with Crippen LogP contribution in [0.5, 0.6) is 0 Å². The minimum Gasteiger partial charge on any atom is -0.377 e. The van der Waals surface area contributed by atoms with E-state index in [1.54, 1.807) is 7.11 Å². The van der Waals surface area contributed by atoms with Crippen molar-refractivity contribution in [1.29, 1.82) is 0 Å². The molecule has 0 spiro atoms. The Labute approximate surface area is 114 Å². The van der Waals surface area contributed by atoms with Crippen molar-refractivity contribution >= 4 is 11.6 Å². The molecule has 0 aromatic carbocycles. The Morgan fingerprint density at radius 3 is 2.79 bits per heavy atom. The van der Waals surface area contributed by atoms with Crippen LogP contribution in [0.25, 0.3) is 0 Å². The Morgan fingerprint density at radius 1 is 1.37 bits per heavy atom. The summed E-state index contributed by atoms with van der Waals surface area (Å²) in [6, 6.07) is 1.82. The fraction of sp³-hybridized carbons (Fsp3) is 0.692. The molecule has 1 aromatic heterocycles. The van der Waals surface area contributed by atoms with Crippen molar-refractivity contribution in [2.24, 2.45) is 17.7 Å². The summed E-state index contributed by atoms with van der Waals surface area (Å²) in [7, 11) is 1.62. The number of anilines is 2. The van der Waals surface area contributed by atoms with E-state index in [1.807, 2.05) is 6.07 Å². The van der Waals surface area contributed by atoms with Crippen LogP contribution in [0, 0.1) is 11.8 Å². The topological polar surface area (TPSA) is 85.1 Å². The zero-order valence-electron chi connectivity index (χ0n) is 11.6. The van der Waals surface area contributed by atoms with Gasteiger partial charge in [-0.05, 0) is 24.7 Å². The number of hydrazine groups is 1. The van der Waals surface area contributed by atoms with Gasteiger partial charge in [-0.25, -0.2) is 15.8 Å². The Hall–Kier alpha value is -1.40. The van der Waals surface area contributed by atoms with E-state index in [2.05, 4.69) is 27.6 Å². The third kappa shape index (κ3) is 4.04. The van der Waals surface area contributed by atoms with Crippen molar-refractivity contribution in [3.63, 3.8) is 0 Å². The molecule has 1 fully saturated rings. The van der Waals surface area contributed by atoms with E-state index in [9.17, 15) is 0 Å². The van der Waals surface area contributed by atoms with Gasteiger partial charge >= 0.3 is 0 Å². The van der Waals surface area contributed by atoms with Gasteiger partial charge in [0, 0.05) is 19.7 Å². The number of rotatable bonds is 6. The molecule has 106 valence electrons. The maximum atomic E-state index is 5.41. The Kier molecular flexibility index (Phi) is 4.93. The number of nitrogens with zero attached hydrogens (tertiary/aromatic N) is 2. The average Bonchev–Trinajstić information content (AvgIpc) is 2.82. The van der Waals surface area contributed by atoms with Crippen molar-refractivity contribution in [3.8, 4) is 0 Å². The van der Waals surface area contributed by atoms with Crippen LogP contribution >= 0.6 is 0 Å². The second-order valence-corrected chi connectivity index (χ2v) is 5.30. The molecule has 6 nitrogen and oxygen atoms in total. The van der Waals surface area contributed by atoms with E-state index in [-0.39, 0.29) is 0 Å². The summed E-state index contributed by atoms with van der Waals surface area (Å²) in [5.74, 6) is 9.03. The largest absolute Gasteiger partial charge is 0.377 e. The zero-order chi connectivity index (χ0) is 13.7. The third-order valence-electron chi connectivity index (χ3n) is 3.57. The Morgan fingerprint density at radius 2 is 2.16 bits per heavy atom. The van der Waals surface area contributed by atoms with Gasteiger partial charge in [0.15, 0.2) is 5.82 Å². The smallest absolute Gasteiger partial charge is 0.158 e. The molecular weight excluding hydrogens is 242 g/mol. The molecular formula is C13H23N5O. The maximum Gasteiger partial charge on any atom is 0.158 e. The van der Waals surface area contributed by atoms with Crippen LogP contribution < -0.4 is 16.6 Å². The van der Waals surface area contributed by atoms with Gasteiger partial charge in [-0.3, -0.25) is 0 Å². The number of nitrogens with one attached hydrogen (secondary N) is 2. The highest BCUT2D eigenvalue weighted by atomic mass is 16.5. The van der Waals surface area contributed by atoms with Gasteiger partial charge in [-0.2, -0.15) is 0 Å². The molecule has 1 saturated carbocycles. The van der Waals surface area contributed by atoms with Gasteiger partial charge < -0.3 is 15.5 Å². The number of ether oxygens (including phenoxy) is 1. The molecule has 6 heteroatoms. The van der Waals surface area contributed by atoms with E-state index in [0.29, 0.717) is 18.2 Å². The van der Waals surface area contributed by atoms with Gasteiger partial charge in [-0.1, -0.05) is 13.3 Å². The Bertz CT molecular complexity index is 412. The highest BCUT2D eigenvalue weighted by Crippen LogP contribution is 2.30. The normalized spacial score (nSPS) is 22.5. The van der Waals surface area contributed by atoms with E-state index >= 15 is 0 Å². The van der Waals surface area contributed by atoms with Crippen molar-refractivity contribution in [3.05, 3.63) is 11.9 Å². The lowest BCUT2D eigenvalue weighted by Crippen LogP contribution is -2.15. The van der Waals surface area contributed by atoms with E-state index in [4.69, 9.17) is 10.6 Å². The first kappa shape index (κ1) is 14.0. The van der Waals surface area contributed by atoms with E-state index < -0.39 is 0 Å². The second-order valence-electron chi connectivity index (χ2n) is 5.30. The van der Waals surface area contributed by atoms with Crippen molar-refractivity contribution < 1.29 is 4.74 Å². The van der Waals surface area contributed by atoms with E-state index in [0.717, 1.165) is 24.2 Å². The van der Waals surface area contributed by atoms with Crippen molar-refractivity contribution in [2.45, 2.75) is 32.8 Å². The third-order valence-corrected chi connectivity index (χ3v) is 3.57. The summed E-state index contributed by atoms with van der Waals surface area (Å²) in [6.45, 7) is 3.65. The number of hydrogen-bond acceptors (Lipinski definition) is 6. The lowest BCUT2D eigenvalue weighted by atomic mass is 10.1. The number of hydrogen-bond donors (Lipinski definition) is 3. The van der Waals surface area contributed by atoms with E-state index in [1.165, 1.54) is 19.3 Å². The van der Waals surface area contributed by atoms with Crippen molar-refractivity contribution in [1.82, 2.24) is 9.97 Å². The van der Waals surface area contributed by atoms with Crippen LogP contribution in [0.1, 0.15) is 32.0 Å². The predicted octanol–water partition coefficient (Wildman–Crippen LogP) is 1.76. The molecule has 1 aromatic rings. The molecule has 0 amide bonds. The molecule has 2 rings (SSSR count).